The van der Waals surface area contributed by atoms with E-state index in [4.69, 9.17) is 5.73 Å². The first-order valence-corrected chi connectivity index (χ1v) is 4.80. The number of nitrogens with two attached hydrogens (primary N) is 1. The van der Waals surface area contributed by atoms with Crippen LogP contribution in [0, 0.1) is 5.82 Å². The van der Waals surface area contributed by atoms with Crippen LogP contribution in [0.25, 0.3) is 0 Å². The summed E-state index contributed by atoms with van der Waals surface area (Å²) in [5.74, 6) is -3.75. The predicted molar refractivity (Wildman–Crippen MR) is 51.7 cm³/mol. The van der Waals surface area contributed by atoms with Crippen LogP contribution in [0.5, 0.6) is 0 Å². The monoisotopic (exact) mass is 267 g/mol. The Bertz CT molecular complexity index is 328. The Morgan fingerprint density at radius 2 is 2.00 bits per heavy atom. The van der Waals surface area contributed by atoms with Crippen molar-refractivity contribution in [1.82, 2.24) is 0 Å². The van der Waals surface area contributed by atoms with Crippen molar-refractivity contribution >= 4 is 15.9 Å². The molecule has 0 heterocycles. The molecule has 0 unspecified atom stereocenters. The second-order valence-corrected chi connectivity index (χ2v) is 3.73. The average Bonchev–Trinajstić information content (AvgIpc) is 2.09. The maximum Gasteiger partial charge on any atom is 0.274 e. The van der Waals surface area contributed by atoms with E-state index in [1.807, 2.05) is 0 Å². The zero-order valence-corrected chi connectivity index (χ0v) is 8.82. The highest BCUT2D eigenvalue weighted by Crippen LogP contribution is 2.32. The topological polar surface area (TPSA) is 26.0 Å². The zero-order chi connectivity index (χ0) is 10.8. The molecule has 0 saturated carbocycles. The van der Waals surface area contributed by atoms with Gasteiger partial charge >= 0.3 is 0 Å². The molecule has 0 radical (unpaired) electrons. The summed E-state index contributed by atoms with van der Waals surface area (Å²) in [5.41, 5.74) is 4.69. The van der Waals surface area contributed by atoms with Crippen molar-refractivity contribution in [2.24, 2.45) is 5.73 Å². The highest BCUT2D eigenvalue weighted by atomic mass is 79.9. The van der Waals surface area contributed by atoms with Gasteiger partial charge in [-0.1, -0.05) is 6.07 Å². The van der Waals surface area contributed by atoms with E-state index in [1.54, 1.807) is 0 Å². The molecular weight excluding hydrogens is 259 g/mol. The van der Waals surface area contributed by atoms with Gasteiger partial charge in [0.1, 0.15) is 5.82 Å². The van der Waals surface area contributed by atoms with Crippen LogP contribution >= 0.6 is 15.9 Å². The van der Waals surface area contributed by atoms with Crippen LogP contribution in [-0.4, -0.2) is 6.54 Å². The quantitative estimate of drug-likeness (QED) is 0.895. The van der Waals surface area contributed by atoms with Gasteiger partial charge in [0.05, 0.1) is 4.47 Å². The van der Waals surface area contributed by atoms with Gasteiger partial charge in [0, 0.05) is 12.0 Å². The first-order chi connectivity index (χ1) is 6.47. The Hall–Kier alpha value is -0.550. The summed E-state index contributed by atoms with van der Waals surface area (Å²) >= 11 is 2.89. The Morgan fingerprint density at radius 3 is 2.50 bits per heavy atom. The van der Waals surface area contributed by atoms with Crippen molar-refractivity contribution in [3.8, 4) is 0 Å². The minimum atomic E-state index is -3.06. The van der Waals surface area contributed by atoms with E-state index in [0.29, 0.717) is 0 Å². The molecule has 0 aliphatic rings. The smallest absolute Gasteiger partial charge is 0.274 e. The van der Waals surface area contributed by atoms with Crippen molar-refractivity contribution in [1.29, 1.82) is 0 Å². The molecule has 78 valence electrons. The molecule has 1 aromatic carbocycles. The summed E-state index contributed by atoms with van der Waals surface area (Å²) in [6, 6.07) is 3.26. The molecule has 5 heteroatoms. The molecule has 0 fully saturated rings. The first kappa shape index (κ1) is 11.5. The van der Waals surface area contributed by atoms with E-state index in [0.717, 1.165) is 6.07 Å². The van der Waals surface area contributed by atoms with Crippen molar-refractivity contribution < 1.29 is 13.2 Å². The number of benzene rings is 1. The lowest BCUT2D eigenvalue weighted by Gasteiger charge is -2.15. The van der Waals surface area contributed by atoms with Crippen molar-refractivity contribution in [3.05, 3.63) is 34.1 Å². The SMILES string of the molecule is NCCC(F)(F)c1ccc(Br)c(F)c1. The van der Waals surface area contributed by atoms with Gasteiger partial charge in [-0.2, -0.15) is 0 Å². The van der Waals surface area contributed by atoms with Gasteiger partial charge in [0.2, 0.25) is 0 Å². The number of alkyl halides is 2. The Balaban J connectivity index is 3.01. The molecule has 1 aromatic rings. The standard InChI is InChI=1S/C9H9BrF3N/c10-7-2-1-6(5-8(7)11)9(12,13)3-4-14/h1-2,5H,3-4,14H2. The maximum atomic E-state index is 13.2. The lowest BCUT2D eigenvalue weighted by molar-refractivity contribution is -0.0110. The molecule has 0 atom stereocenters. The fraction of sp³-hybridized carbons (Fsp3) is 0.333. The molecule has 1 rings (SSSR count). The van der Waals surface area contributed by atoms with E-state index in [1.165, 1.54) is 12.1 Å². The van der Waals surface area contributed by atoms with E-state index in [-0.39, 0.29) is 16.6 Å². The molecule has 0 aliphatic carbocycles. The summed E-state index contributed by atoms with van der Waals surface area (Å²) in [6.45, 7) is -0.134. The molecule has 0 amide bonds. The summed E-state index contributed by atoms with van der Waals surface area (Å²) < 4.78 is 39.5. The molecule has 0 aromatic heterocycles. The molecule has 1 nitrogen and oxygen atoms in total. The second-order valence-electron chi connectivity index (χ2n) is 2.87. The van der Waals surface area contributed by atoms with Gasteiger partial charge < -0.3 is 5.73 Å². The van der Waals surface area contributed by atoms with Crippen LogP contribution < -0.4 is 5.73 Å². The first-order valence-electron chi connectivity index (χ1n) is 4.01. The van der Waals surface area contributed by atoms with Gasteiger partial charge in [0.25, 0.3) is 5.92 Å². The fourth-order valence-electron chi connectivity index (χ4n) is 1.05. The summed E-state index contributed by atoms with van der Waals surface area (Å²) in [4.78, 5) is 0. The van der Waals surface area contributed by atoms with Crippen LogP contribution in [0.2, 0.25) is 0 Å². The fourth-order valence-corrected chi connectivity index (χ4v) is 1.30. The minimum absolute atomic E-state index is 0.134. The van der Waals surface area contributed by atoms with Crippen molar-refractivity contribution in [3.63, 3.8) is 0 Å². The van der Waals surface area contributed by atoms with Gasteiger partial charge in [-0.15, -0.1) is 0 Å². The number of hydrogen-bond acceptors (Lipinski definition) is 1. The van der Waals surface area contributed by atoms with Crippen molar-refractivity contribution in [2.45, 2.75) is 12.3 Å². The Labute approximate surface area is 88.2 Å². The lowest BCUT2D eigenvalue weighted by atomic mass is 10.1. The lowest BCUT2D eigenvalue weighted by Crippen LogP contribution is -2.18. The van der Waals surface area contributed by atoms with E-state index < -0.39 is 18.2 Å². The maximum absolute atomic E-state index is 13.2. The summed E-state index contributed by atoms with van der Waals surface area (Å²) in [5, 5.41) is 0. The molecule has 0 bridgehead atoms. The summed E-state index contributed by atoms with van der Waals surface area (Å²) in [6.07, 6.45) is -0.478. The van der Waals surface area contributed by atoms with E-state index in [9.17, 15) is 13.2 Å². The third-order valence-electron chi connectivity index (χ3n) is 1.80. The Kier molecular flexibility index (Phi) is 3.55. The van der Waals surface area contributed by atoms with E-state index >= 15 is 0 Å². The van der Waals surface area contributed by atoms with Crippen LogP contribution in [-0.2, 0) is 5.92 Å². The molecule has 0 aliphatic heterocycles. The highest BCUT2D eigenvalue weighted by Gasteiger charge is 2.30. The molecule has 2 N–H and O–H groups in total. The molecule has 0 saturated heterocycles. The van der Waals surface area contributed by atoms with Crippen LogP contribution in [0.3, 0.4) is 0 Å². The predicted octanol–water partition coefficient (Wildman–Crippen LogP) is 3.03. The van der Waals surface area contributed by atoms with E-state index in [2.05, 4.69) is 15.9 Å². The number of rotatable bonds is 3. The Morgan fingerprint density at radius 1 is 1.36 bits per heavy atom. The number of halogens is 4. The largest absolute Gasteiger partial charge is 0.330 e. The van der Waals surface area contributed by atoms with Gasteiger partial charge in [-0.3, -0.25) is 0 Å². The molecule has 0 spiro atoms. The summed E-state index contributed by atoms with van der Waals surface area (Å²) in [7, 11) is 0. The van der Waals surface area contributed by atoms with Gasteiger partial charge in [-0.05, 0) is 34.6 Å². The third kappa shape index (κ3) is 2.48. The average molecular weight is 268 g/mol. The molecular formula is C9H9BrF3N. The van der Waals surface area contributed by atoms with Crippen LogP contribution in [0.15, 0.2) is 22.7 Å². The minimum Gasteiger partial charge on any atom is -0.330 e. The third-order valence-corrected chi connectivity index (χ3v) is 2.44. The normalized spacial score (nSPS) is 11.8. The van der Waals surface area contributed by atoms with Gasteiger partial charge in [0.15, 0.2) is 0 Å². The van der Waals surface area contributed by atoms with Crippen LogP contribution in [0.4, 0.5) is 13.2 Å². The zero-order valence-electron chi connectivity index (χ0n) is 7.24. The van der Waals surface area contributed by atoms with Crippen molar-refractivity contribution in [2.75, 3.05) is 6.54 Å². The number of hydrogen-bond donors (Lipinski definition) is 1. The highest BCUT2D eigenvalue weighted by molar-refractivity contribution is 9.10. The second kappa shape index (κ2) is 4.31. The van der Waals surface area contributed by atoms with Gasteiger partial charge in [-0.25, -0.2) is 13.2 Å². The molecule has 14 heavy (non-hydrogen) atoms. The van der Waals surface area contributed by atoms with Crippen LogP contribution in [0.1, 0.15) is 12.0 Å².